The summed E-state index contributed by atoms with van der Waals surface area (Å²) in [6.07, 6.45) is 0. The summed E-state index contributed by atoms with van der Waals surface area (Å²) in [5.74, 6) is 1.69. The Morgan fingerprint density at radius 2 is 2.08 bits per heavy atom. The fourth-order valence-corrected chi connectivity index (χ4v) is 2.42. The van der Waals surface area contributed by atoms with Crippen molar-refractivity contribution in [3.05, 3.63) is 47.2 Å². The summed E-state index contributed by atoms with van der Waals surface area (Å²) in [7, 11) is 2.99. The molecule has 0 bridgehead atoms. The van der Waals surface area contributed by atoms with Crippen LogP contribution in [0.4, 0.5) is 11.5 Å². The fourth-order valence-electron chi connectivity index (χ4n) is 2.42. The van der Waals surface area contributed by atoms with Crippen LogP contribution in [-0.2, 0) is 17.9 Å². The number of rotatable bonds is 6. The Kier molecular flexibility index (Phi) is 6.51. The highest BCUT2D eigenvalue weighted by Gasteiger charge is 2.15. The van der Waals surface area contributed by atoms with Crippen molar-refractivity contribution in [1.82, 2.24) is 4.98 Å². The lowest BCUT2D eigenvalue weighted by Gasteiger charge is -2.13. The number of hydrogen-bond acceptors (Lipinski definition) is 7. The van der Waals surface area contributed by atoms with Crippen LogP contribution < -0.4 is 15.8 Å². The van der Waals surface area contributed by atoms with Crippen molar-refractivity contribution in [2.24, 2.45) is 4.99 Å². The first-order valence-corrected chi connectivity index (χ1v) is 7.93. The smallest absolute Gasteiger partial charge is 0.217 e. The van der Waals surface area contributed by atoms with Crippen LogP contribution in [0.25, 0.3) is 0 Å². The molecule has 0 amide bonds. The summed E-state index contributed by atoms with van der Waals surface area (Å²) < 4.78 is 10.2. The molecule has 0 atom stereocenters. The number of nitrogens with two attached hydrogens (primary N) is 1. The summed E-state index contributed by atoms with van der Waals surface area (Å²) in [5, 5.41) is 20.3. The lowest BCUT2D eigenvalue weighted by atomic mass is 10.1. The second-order valence-electron chi connectivity index (χ2n) is 5.45. The number of aliphatic imine (C=N–C) groups is 1. The molecule has 8 nitrogen and oxygen atoms in total. The predicted molar refractivity (Wildman–Crippen MR) is 102 cm³/mol. The molecule has 0 spiro atoms. The number of nitrogens with zero attached hydrogens (tertiary/aromatic N) is 2. The van der Waals surface area contributed by atoms with Crippen LogP contribution in [-0.4, -0.2) is 36.0 Å². The number of nitrogen functional groups attached to an aromatic ring is 1. The molecular weight excluding hydrogens is 334 g/mol. The number of anilines is 2. The highest BCUT2D eigenvalue weighted by Crippen LogP contribution is 2.21. The van der Waals surface area contributed by atoms with Crippen LogP contribution in [0.3, 0.4) is 0 Å². The number of pyridine rings is 1. The van der Waals surface area contributed by atoms with E-state index in [0.29, 0.717) is 18.2 Å². The Morgan fingerprint density at radius 1 is 1.35 bits per heavy atom. The zero-order valence-electron chi connectivity index (χ0n) is 15.0. The number of aromatic nitrogens is 1. The van der Waals surface area contributed by atoms with E-state index in [-0.39, 0.29) is 29.4 Å². The normalized spacial score (nSPS) is 11.2. The SMILES string of the molecule is COC(=N)c1c(N)cc(NC(C)=NCc2ccccc2OC)nc1CO. The number of amidine groups is 1. The third-order valence-corrected chi connectivity index (χ3v) is 3.69. The van der Waals surface area contributed by atoms with Crippen LogP contribution in [0.15, 0.2) is 35.3 Å². The van der Waals surface area contributed by atoms with Gasteiger partial charge in [0.1, 0.15) is 11.6 Å². The summed E-state index contributed by atoms with van der Waals surface area (Å²) in [6.45, 7) is 1.88. The zero-order valence-corrected chi connectivity index (χ0v) is 15.0. The molecule has 5 N–H and O–H groups in total. The molecule has 1 aromatic carbocycles. The highest BCUT2D eigenvalue weighted by molar-refractivity contribution is 5.99. The quantitative estimate of drug-likeness (QED) is 0.464. The molecule has 0 unspecified atom stereocenters. The number of benzene rings is 1. The van der Waals surface area contributed by atoms with Gasteiger partial charge in [-0.25, -0.2) is 4.98 Å². The number of methoxy groups -OCH3 is 2. The van der Waals surface area contributed by atoms with Crippen LogP contribution in [0.5, 0.6) is 5.75 Å². The van der Waals surface area contributed by atoms with Gasteiger partial charge in [-0.15, -0.1) is 0 Å². The lowest BCUT2D eigenvalue weighted by Crippen LogP contribution is -2.15. The van der Waals surface area contributed by atoms with Gasteiger partial charge in [-0.3, -0.25) is 10.4 Å². The maximum Gasteiger partial charge on any atom is 0.217 e. The number of hydrogen-bond donors (Lipinski definition) is 4. The molecular formula is C18H23N5O3. The lowest BCUT2D eigenvalue weighted by molar-refractivity contribution is 0.276. The Morgan fingerprint density at radius 3 is 2.73 bits per heavy atom. The third-order valence-electron chi connectivity index (χ3n) is 3.69. The van der Waals surface area contributed by atoms with Crippen LogP contribution in [0, 0.1) is 5.41 Å². The Labute approximate surface area is 152 Å². The molecule has 26 heavy (non-hydrogen) atoms. The van der Waals surface area contributed by atoms with Crippen LogP contribution in [0.2, 0.25) is 0 Å². The van der Waals surface area contributed by atoms with E-state index in [0.717, 1.165) is 11.3 Å². The van der Waals surface area contributed by atoms with Crippen LogP contribution >= 0.6 is 0 Å². The summed E-state index contributed by atoms with van der Waals surface area (Å²) in [6, 6.07) is 9.23. The van der Waals surface area contributed by atoms with Gasteiger partial charge >= 0.3 is 0 Å². The highest BCUT2D eigenvalue weighted by atomic mass is 16.5. The van der Waals surface area contributed by atoms with Crippen molar-refractivity contribution < 1.29 is 14.6 Å². The molecule has 0 aliphatic carbocycles. The van der Waals surface area contributed by atoms with Gasteiger partial charge in [-0.2, -0.15) is 0 Å². The van der Waals surface area contributed by atoms with E-state index >= 15 is 0 Å². The Bertz CT molecular complexity index is 820. The molecule has 1 heterocycles. The second kappa shape index (κ2) is 8.82. The zero-order chi connectivity index (χ0) is 19.1. The van der Waals surface area contributed by atoms with E-state index in [1.807, 2.05) is 24.3 Å². The maximum atomic E-state index is 9.51. The average molecular weight is 357 g/mol. The molecule has 0 radical (unpaired) electrons. The monoisotopic (exact) mass is 357 g/mol. The van der Waals surface area contributed by atoms with Gasteiger partial charge in [0.15, 0.2) is 0 Å². The first kappa shape index (κ1) is 19.2. The predicted octanol–water partition coefficient (Wildman–Crippen LogP) is 2.17. The Balaban J connectivity index is 2.19. The molecule has 2 rings (SSSR count). The third kappa shape index (κ3) is 4.48. The van der Waals surface area contributed by atoms with E-state index in [1.165, 1.54) is 7.11 Å². The van der Waals surface area contributed by atoms with Gasteiger partial charge in [0, 0.05) is 17.3 Å². The van der Waals surface area contributed by atoms with Gasteiger partial charge in [-0.05, 0) is 13.0 Å². The van der Waals surface area contributed by atoms with Crippen LogP contribution in [0.1, 0.15) is 23.7 Å². The molecule has 1 aromatic heterocycles. The summed E-state index contributed by atoms with van der Waals surface area (Å²) in [5.41, 5.74) is 7.78. The van der Waals surface area contributed by atoms with E-state index in [9.17, 15) is 5.11 Å². The van der Waals surface area contributed by atoms with Gasteiger partial charge in [0.25, 0.3) is 0 Å². The van der Waals surface area contributed by atoms with E-state index < -0.39 is 0 Å². The average Bonchev–Trinajstić information content (AvgIpc) is 2.65. The minimum Gasteiger partial charge on any atom is -0.496 e. The fraction of sp³-hybridized carbons (Fsp3) is 0.278. The number of aliphatic hydroxyl groups is 1. The molecule has 0 fully saturated rings. The van der Waals surface area contributed by atoms with Gasteiger partial charge in [0.2, 0.25) is 5.90 Å². The molecule has 0 saturated carbocycles. The molecule has 0 aliphatic rings. The molecule has 138 valence electrons. The van der Waals surface area contributed by atoms with E-state index in [2.05, 4.69) is 15.3 Å². The van der Waals surface area contributed by atoms with Crippen molar-refractivity contribution in [3.8, 4) is 5.75 Å². The molecule has 0 saturated heterocycles. The van der Waals surface area contributed by atoms with Crippen molar-refractivity contribution in [1.29, 1.82) is 5.41 Å². The summed E-state index contributed by atoms with van der Waals surface area (Å²) in [4.78, 5) is 8.75. The van der Waals surface area contributed by atoms with E-state index in [1.54, 1.807) is 20.1 Å². The molecule has 2 aromatic rings. The number of ether oxygens (including phenoxy) is 2. The van der Waals surface area contributed by atoms with Gasteiger partial charge in [0.05, 0.1) is 44.5 Å². The number of nitrogens with one attached hydrogen (secondary N) is 2. The first-order chi connectivity index (χ1) is 12.5. The maximum absolute atomic E-state index is 9.51. The topological polar surface area (TPSA) is 126 Å². The van der Waals surface area contributed by atoms with Crippen molar-refractivity contribution in [2.45, 2.75) is 20.1 Å². The minimum absolute atomic E-state index is 0.146. The largest absolute Gasteiger partial charge is 0.496 e. The van der Waals surface area contributed by atoms with Crippen molar-refractivity contribution in [3.63, 3.8) is 0 Å². The van der Waals surface area contributed by atoms with Crippen molar-refractivity contribution in [2.75, 3.05) is 25.3 Å². The standard InChI is InChI=1S/C18H23N5O3/c1-11(21-9-12-6-4-5-7-15(12)25-2)22-16-8-13(19)17(18(20)26-3)14(10-24)23-16/h4-8,20,24H,9-10H2,1-3H3,(H3,19,21,22,23). The van der Waals surface area contributed by atoms with Gasteiger partial charge < -0.3 is 25.6 Å². The van der Waals surface area contributed by atoms with E-state index in [4.69, 9.17) is 20.6 Å². The second-order valence-corrected chi connectivity index (χ2v) is 5.45. The molecule has 0 aliphatic heterocycles. The Hall–Kier alpha value is -3.13. The first-order valence-electron chi connectivity index (χ1n) is 7.93. The van der Waals surface area contributed by atoms with Crippen molar-refractivity contribution >= 4 is 23.2 Å². The molecule has 8 heteroatoms. The number of aliphatic hydroxyl groups excluding tert-OH is 1. The number of para-hydroxylation sites is 1. The minimum atomic E-state index is -0.363. The van der Waals surface area contributed by atoms with Gasteiger partial charge in [-0.1, -0.05) is 18.2 Å². The summed E-state index contributed by atoms with van der Waals surface area (Å²) >= 11 is 0.